The highest BCUT2D eigenvalue weighted by Gasteiger charge is 2.00. The van der Waals surface area contributed by atoms with E-state index in [1.54, 1.807) is 0 Å². The van der Waals surface area contributed by atoms with Crippen LogP contribution in [0, 0.1) is 0 Å². The Labute approximate surface area is 92.7 Å². The van der Waals surface area contributed by atoms with Crippen LogP contribution < -0.4 is 0 Å². The normalized spacial score (nSPS) is 11.2. The maximum Gasteiger partial charge on any atom is 0.466 e. The Kier molecular flexibility index (Phi) is 13.9. The lowest BCUT2D eigenvalue weighted by molar-refractivity contribution is -0.132. The van der Waals surface area contributed by atoms with E-state index in [0.29, 0.717) is 0 Å². The van der Waals surface area contributed by atoms with Gasteiger partial charge in [-0.15, -0.1) is 0 Å². The summed E-state index contributed by atoms with van der Waals surface area (Å²) < 4.78 is 8.88. The van der Waals surface area contributed by atoms with Gasteiger partial charge >= 0.3 is 13.8 Å². The summed E-state index contributed by atoms with van der Waals surface area (Å²) in [5, 5.41) is 23.9. The van der Waals surface area contributed by atoms with Crippen LogP contribution in [-0.4, -0.2) is 48.7 Å². The summed E-state index contributed by atoms with van der Waals surface area (Å²) in [6.45, 7) is 5.99. The van der Waals surface area contributed by atoms with Crippen molar-refractivity contribution in [2.24, 2.45) is 0 Å². The smallest absolute Gasteiger partial charge is 0.466 e. The first-order valence-electron chi connectivity index (χ1n) is 3.87. The molecular formula is C7H17O8P. The van der Waals surface area contributed by atoms with Crippen LogP contribution in [-0.2, 0) is 9.36 Å². The zero-order chi connectivity index (χ0) is 13.9. The quantitative estimate of drug-likeness (QED) is 0.275. The molecule has 0 aliphatic heterocycles. The summed E-state index contributed by atoms with van der Waals surface area (Å²) in [5.41, 5.74) is 0.176. The lowest BCUT2D eigenvalue weighted by Crippen LogP contribution is -2.03. The Morgan fingerprint density at radius 3 is 1.50 bits per heavy atom. The number of rotatable bonds is 2. The molecule has 8 nitrogen and oxygen atoms in total. The number of aliphatic carboxylic acids is 1. The molecule has 0 spiro atoms. The van der Waals surface area contributed by atoms with Gasteiger partial charge in [0.1, 0.15) is 0 Å². The Hall–Kier alpha value is -0.760. The Morgan fingerprint density at radius 1 is 1.38 bits per heavy atom. The van der Waals surface area contributed by atoms with E-state index in [2.05, 4.69) is 6.58 Å². The minimum Gasteiger partial charge on any atom is -0.478 e. The van der Waals surface area contributed by atoms with Crippen molar-refractivity contribution < 1.29 is 39.4 Å². The molecule has 6 N–H and O–H groups in total. The van der Waals surface area contributed by atoms with Crippen LogP contribution in [0.1, 0.15) is 13.8 Å². The van der Waals surface area contributed by atoms with Crippen molar-refractivity contribution in [3.05, 3.63) is 12.2 Å². The van der Waals surface area contributed by atoms with E-state index in [4.69, 9.17) is 34.6 Å². The van der Waals surface area contributed by atoms with Crippen LogP contribution in [0.3, 0.4) is 0 Å². The maximum atomic E-state index is 9.60. The highest BCUT2D eigenvalue weighted by Crippen LogP contribution is 2.25. The van der Waals surface area contributed by atoms with Crippen molar-refractivity contribution in [1.29, 1.82) is 0 Å². The number of hydrogen-bond donors (Lipinski definition) is 6. The lowest BCUT2D eigenvalue weighted by atomic mass is 10.4. The second-order valence-corrected chi connectivity index (χ2v) is 3.66. The molecule has 0 heterocycles. The second kappa shape index (κ2) is 10.7. The number of aliphatic hydroxyl groups is 2. The van der Waals surface area contributed by atoms with Crippen LogP contribution in [0.15, 0.2) is 12.2 Å². The van der Waals surface area contributed by atoms with E-state index < -0.39 is 19.9 Å². The third-order valence-electron chi connectivity index (χ3n) is 0.629. The molecule has 0 amide bonds. The maximum absolute atomic E-state index is 9.60. The largest absolute Gasteiger partial charge is 0.478 e. The minimum atomic E-state index is -4.64. The van der Waals surface area contributed by atoms with Gasteiger partial charge in [0.15, 0.2) is 0 Å². The van der Waals surface area contributed by atoms with E-state index in [9.17, 15) is 4.79 Å². The zero-order valence-corrected chi connectivity index (χ0v) is 9.83. The molecule has 0 aliphatic rings. The molecule has 0 bridgehead atoms. The number of phosphoric acid groups is 1. The number of carboxylic acids is 1. The molecule has 0 aliphatic carbocycles. The third kappa shape index (κ3) is 72.2. The number of carboxylic acid groups (broad SMARTS) is 1. The molecule has 0 rings (SSSR count). The molecule has 0 aromatic heterocycles. The molecule has 1 atom stereocenters. The highest BCUT2D eigenvalue weighted by atomic mass is 31.2. The molecule has 0 aromatic carbocycles. The molecule has 0 fully saturated rings. The zero-order valence-electron chi connectivity index (χ0n) is 8.94. The van der Waals surface area contributed by atoms with E-state index in [1.165, 1.54) is 13.8 Å². The lowest BCUT2D eigenvalue weighted by Gasteiger charge is -1.90. The molecule has 0 saturated heterocycles. The second-order valence-electron chi connectivity index (χ2n) is 2.63. The fraction of sp³-hybridized carbons (Fsp3) is 0.571. The van der Waals surface area contributed by atoms with E-state index in [1.807, 2.05) is 0 Å². The van der Waals surface area contributed by atoms with E-state index >= 15 is 0 Å². The average Bonchev–Trinajstić information content (AvgIpc) is 2.02. The van der Waals surface area contributed by atoms with Crippen molar-refractivity contribution in [2.75, 3.05) is 6.61 Å². The van der Waals surface area contributed by atoms with Gasteiger partial charge in [-0.1, -0.05) is 6.58 Å². The summed E-state index contributed by atoms with van der Waals surface area (Å²) in [5.74, 6) is -0.935. The molecule has 9 heteroatoms. The standard InChI is InChI=1S/C4H6O2.C3H8O2.H3O4P/c1-3(2)4(5)6;1-3(5)2-4;1-5(2,3)4/h1H2,2H3,(H,5,6);3-5H,2H2,1H3;(H3,1,2,3,4). The topological polar surface area (TPSA) is 156 Å². The fourth-order valence-electron chi connectivity index (χ4n) is 0. The predicted octanol–water partition coefficient (Wildman–Crippen LogP) is -0.922. The number of carbonyl (C=O) groups is 1. The van der Waals surface area contributed by atoms with Crippen molar-refractivity contribution in [1.82, 2.24) is 0 Å². The Balaban J connectivity index is -0.000000160. The van der Waals surface area contributed by atoms with Gasteiger partial charge in [0.2, 0.25) is 0 Å². The summed E-state index contributed by atoms with van der Waals surface area (Å²) >= 11 is 0. The molecule has 0 radical (unpaired) electrons. The minimum absolute atomic E-state index is 0.139. The van der Waals surface area contributed by atoms with Gasteiger partial charge in [-0.05, 0) is 13.8 Å². The fourth-order valence-corrected chi connectivity index (χ4v) is 0. The molecular weight excluding hydrogens is 243 g/mol. The average molecular weight is 260 g/mol. The van der Waals surface area contributed by atoms with Gasteiger partial charge in [0, 0.05) is 5.57 Å². The van der Waals surface area contributed by atoms with Crippen LogP contribution >= 0.6 is 7.82 Å². The van der Waals surface area contributed by atoms with E-state index in [-0.39, 0.29) is 12.2 Å². The van der Waals surface area contributed by atoms with Crippen LogP contribution in [0.2, 0.25) is 0 Å². The molecule has 0 aromatic rings. The first-order chi connectivity index (χ1) is 6.91. The summed E-state index contributed by atoms with van der Waals surface area (Å²) in [6.07, 6.45) is -0.560. The monoisotopic (exact) mass is 260 g/mol. The van der Waals surface area contributed by atoms with Crippen molar-refractivity contribution in [3.63, 3.8) is 0 Å². The Morgan fingerprint density at radius 2 is 1.50 bits per heavy atom. The summed E-state index contributed by atoms with van der Waals surface area (Å²) in [7, 11) is -4.64. The van der Waals surface area contributed by atoms with Crippen molar-refractivity contribution >= 4 is 13.8 Å². The van der Waals surface area contributed by atoms with Crippen LogP contribution in [0.25, 0.3) is 0 Å². The number of aliphatic hydroxyl groups excluding tert-OH is 2. The van der Waals surface area contributed by atoms with Crippen LogP contribution in [0.5, 0.6) is 0 Å². The molecule has 0 saturated carbocycles. The number of hydrogen-bond acceptors (Lipinski definition) is 4. The predicted molar refractivity (Wildman–Crippen MR) is 55.5 cm³/mol. The van der Waals surface area contributed by atoms with Gasteiger partial charge in [-0.3, -0.25) is 0 Å². The van der Waals surface area contributed by atoms with Gasteiger partial charge < -0.3 is 30.0 Å². The summed E-state index contributed by atoms with van der Waals surface area (Å²) in [6, 6.07) is 0. The molecule has 16 heavy (non-hydrogen) atoms. The molecule has 98 valence electrons. The van der Waals surface area contributed by atoms with Crippen molar-refractivity contribution in [2.45, 2.75) is 20.0 Å². The SMILES string of the molecule is C=C(C)C(=O)O.CC(O)CO.O=P(O)(O)O. The van der Waals surface area contributed by atoms with Gasteiger partial charge in [-0.25, -0.2) is 9.36 Å². The van der Waals surface area contributed by atoms with Gasteiger partial charge in [0.25, 0.3) is 0 Å². The first-order valence-corrected chi connectivity index (χ1v) is 5.44. The van der Waals surface area contributed by atoms with Gasteiger partial charge in [0.05, 0.1) is 12.7 Å². The molecule has 1 unspecified atom stereocenters. The third-order valence-corrected chi connectivity index (χ3v) is 0.629. The first kappa shape index (κ1) is 20.6. The summed E-state index contributed by atoms with van der Waals surface area (Å²) in [4.78, 5) is 31.2. The van der Waals surface area contributed by atoms with Crippen molar-refractivity contribution in [3.8, 4) is 0 Å². The van der Waals surface area contributed by atoms with Gasteiger partial charge in [-0.2, -0.15) is 0 Å². The van der Waals surface area contributed by atoms with E-state index in [0.717, 1.165) is 0 Å². The van der Waals surface area contributed by atoms with Crippen LogP contribution in [0.4, 0.5) is 0 Å². The highest BCUT2D eigenvalue weighted by molar-refractivity contribution is 7.45. The Bertz CT molecular complexity index is 223.